The highest BCUT2D eigenvalue weighted by Gasteiger charge is 2.27. The summed E-state index contributed by atoms with van der Waals surface area (Å²) in [6.45, 7) is 4.33. The van der Waals surface area contributed by atoms with Crippen molar-refractivity contribution in [2.24, 2.45) is 5.84 Å². The van der Waals surface area contributed by atoms with E-state index in [1.807, 2.05) is 17.8 Å². The number of nitrogens with one attached hydrogen (secondary N) is 2. The molecule has 1 aromatic rings. The van der Waals surface area contributed by atoms with E-state index in [4.69, 9.17) is 5.84 Å². The van der Waals surface area contributed by atoms with E-state index in [0.29, 0.717) is 17.8 Å². The summed E-state index contributed by atoms with van der Waals surface area (Å²) in [5, 5.41) is 3.41. The molecule has 0 saturated heterocycles. The Balaban J connectivity index is 2.04. The monoisotopic (exact) mass is 267 g/mol. The molecule has 5 nitrogen and oxygen atoms in total. The molecule has 1 heterocycles. The fourth-order valence-corrected chi connectivity index (χ4v) is 2.40. The van der Waals surface area contributed by atoms with Gasteiger partial charge < -0.3 is 10.7 Å². The first-order valence-electron chi connectivity index (χ1n) is 6.42. The molecule has 0 bridgehead atoms. The van der Waals surface area contributed by atoms with Crippen LogP contribution in [0.2, 0.25) is 0 Å². The van der Waals surface area contributed by atoms with E-state index in [-0.39, 0.29) is 0 Å². The van der Waals surface area contributed by atoms with Crippen LogP contribution in [0.1, 0.15) is 38.4 Å². The average molecular weight is 267 g/mol. The third-order valence-electron chi connectivity index (χ3n) is 2.80. The van der Waals surface area contributed by atoms with Gasteiger partial charge in [0.2, 0.25) is 0 Å². The Morgan fingerprint density at radius 2 is 2.17 bits per heavy atom. The third kappa shape index (κ3) is 3.74. The molecule has 0 aromatic carbocycles. The van der Waals surface area contributed by atoms with Crippen LogP contribution in [0.25, 0.3) is 0 Å². The van der Waals surface area contributed by atoms with Crippen LogP contribution in [0.15, 0.2) is 6.07 Å². The molecule has 1 aliphatic carbocycles. The number of rotatable bonds is 7. The zero-order valence-corrected chi connectivity index (χ0v) is 11.8. The van der Waals surface area contributed by atoms with Crippen molar-refractivity contribution in [3.63, 3.8) is 0 Å². The van der Waals surface area contributed by atoms with Crippen molar-refractivity contribution in [1.82, 2.24) is 9.97 Å². The quantitative estimate of drug-likeness (QED) is 0.519. The Morgan fingerprint density at radius 3 is 2.78 bits per heavy atom. The number of nitrogens with zero attached hydrogens (tertiary/aromatic N) is 2. The molecule has 1 aliphatic rings. The second kappa shape index (κ2) is 6.24. The van der Waals surface area contributed by atoms with Gasteiger partial charge in [-0.25, -0.2) is 15.8 Å². The molecule has 0 radical (unpaired) electrons. The highest BCUT2D eigenvalue weighted by atomic mass is 32.2. The van der Waals surface area contributed by atoms with Gasteiger partial charge in [0, 0.05) is 23.8 Å². The number of hydrogen-bond acceptors (Lipinski definition) is 6. The van der Waals surface area contributed by atoms with E-state index < -0.39 is 0 Å². The van der Waals surface area contributed by atoms with Crippen molar-refractivity contribution in [2.75, 3.05) is 22.2 Å². The van der Waals surface area contributed by atoms with Crippen LogP contribution in [0, 0.1) is 0 Å². The zero-order chi connectivity index (χ0) is 13.0. The molecule has 6 heteroatoms. The Bertz CT molecular complexity index is 394. The van der Waals surface area contributed by atoms with Crippen molar-refractivity contribution in [1.29, 1.82) is 0 Å². The fraction of sp³-hybridized carbons (Fsp3) is 0.667. The van der Waals surface area contributed by atoms with Gasteiger partial charge in [0.15, 0.2) is 0 Å². The summed E-state index contributed by atoms with van der Waals surface area (Å²) in [7, 11) is 0. The molecule has 100 valence electrons. The first-order chi connectivity index (χ1) is 8.72. The molecule has 1 fully saturated rings. The smallest absolute Gasteiger partial charge is 0.145 e. The third-order valence-corrected chi connectivity index (χ3v) is 3.94. The molecule has 1 unspecified atom stereocenters. The molecule has 18 heavy (non-hydrogen) atoms. The normalized spacial score (nSPS) is 16.4. The Labute approximate surface area is 112 Å². The number of hydrogen-bond donors (Lipinski definition) is 3. The maximum atomic E-state index is 5.45. The summed E-state index contributed by atoms with van der Waals surface area (Å²) < 4.78 is 0. The number of nitrogen functional groups attached to an aromatic ring is 1. The van der Waals surface area contributed by atoms with Gasteiger partial charge in [0.25, 0.3) is 0 Å². The molecule has 1 saturated carbocycles. The number of anilines is 2. The van der Waals surface area contributed by atoms with Crippen LogP contribution in [0.3, 0.4) is 0 Å². The van der Waals surface area contributed by atoms with Gasteiger partial charge in [-0.15, -0.1) is 0 Å². The van der Waals surface area contributed by atoms with Crippen molar-refractivity contribution in [3.05, 3.63) is 11.9 Å². The Morgan fingerprint density at radius 1 is 1.44 bits per heavy atom. The lowest BCUT2D eigenvalue weighted by atomic mass is 10.3. The first kappa shape index (κ1) is 13.4. The van der Waals surface area contributed by atoms with Crippen molar-refractivity contribution in [3.8, 4) is 0 Å². The molecule has 0 aliphatic heterocycles. The zero-order valence-electron chi connectivity index (χ0n) is 10.9. The van der Waals surface area contributed by atoms with Crippen molar-refractivity contribution < 1.29 is 0 Å². The van der Waals surface area contributed by atoms with E-state index in [1.54, 1.807) is 0 Å². The lowest BCUT2D eigenvalue weighted by Gasteiger charge is -2.15. The van der Waals surface area contributed by atoms with Crippen molar-refractivity contribution >= 4 is 23.4 Å². The molecule has 0 spiro atoms. The Kier molecular flexibility index (Phi) is 4.66. The molecular weight excluding hydrogens is 246 g/mol. The van der Waals surface area contributed by atoms with E-state index in [1.165, 1.54) is 12.8 Å². The van der Waals surface area contributed by atoms with E-state index in [9.17, 15) is 0 Å². The van der Waals surface area contributed by atoms with Gasteiger partial charge in [-0.3, -0.25) is 0 Å². The van der Waals surface area contributed by atoms with Crippen LogP contribution in [-0.4, -0.2) is 27.5 Å². The fourth-order valence-electron chi connectivity index (χ4n) is 1.73. The minimum absolute atomic E-state index is 0.391. The Hall–Kier alpha value is -1.01. The second-order valence-corrected chi connectivity index (χ2v) is 5.94. The summed E-state index contributed by atoms with van der Waals surface area (Å²) in [4.78, 5) is 8.96. The maximum absolute atomic E-state index is 5.45. The number of nitrogens with two attached hydrogens (primary N) is 1. The summed E-state index contributed by atoms with van der Waals surface area (Å²) >= 11 is 1.92. The standard InChI is InChI=1S/C12H21N5S/c1-3-18-7-8(2)14-10-6-11(17-13)16-12(15-10)9-4-5-9/h6,8-9H,3-5,7,13H2,1-2H3,(H2,14,15,16,17). The highest BCUT2D eigenvalue weighted by Crippen LogP contribution is 2.38. The lowest BCUT2D eigenvalue weighted by Crippen LogP contribution is -2.20. The predicted molar refractivity (Wildman–Crippen MR) is 77.9 cm³/mol. The van der Waals surface area contributed by atoms with Gasteiger partial charge in [0.1, 0.15) is 17.5 Å². The number of hydrazine groups is 1. The van der Waals surface area contributed by atoms with Crippen LogP contribution >= 0.6 is 11.8 Å². The van der Waals surface area contributed by atoms with Gasteiger partial charge in [-0.05, 0) is 25.5 Å². The minimum Gasteiger partial charge on any atom is -0.367 e. The van der Waals surface area contributed by atoms with E-state index >= 15 is 0 Å². The van der Waals surface area contributed by atoms with Crippen LogP contribution in [-0.2, 0) is 0 Å². The largest absolute Gasteiger partial charge is 0.367 e. The van der Waals surface area contributed by atoms with Crippen LogP contribution < -0.4 is 16.6 Å². The summed E-state index contributed by atoms with van der Waals surface area (Å²) in [6, 6.07) is 2.25. The van der Waals surface area contributed by atoms with E-state index in [0.717, 1.165) is 23.1 Å². The van der Waals surface area contributed by atoms with Crippen molar-refractivity contribution in [2.45, 2.75) is 38.6 Å². The number of thioether (sulfide) groups is 1. The van der Waals surface area contributed by atoms with E-state index in [2.05, 4.69) is 34.6 Å². The molecule has 1 atom stereocenters. The second-order valence-electron chi connectivity index (χ2n) is 4.62. The summed E-state index contributed by atoms with van der Waals surface area (Å²) in [6.07, 6.45) is 2.38. The van der Waals surface area contributed by atoms with Crippen LogP contribution in [0.5, 0.6) is 0 Å². The molecule has 0 amide bonds. The first-order valence-corrected chi connectivity index (χ1v) is 7.58. The highest BCUT2D eigenvalue weighted by molar-refractivity contribution is 7.99. The van der Waals surface area contributed by atoms with Crippen LogP contribution in [0.4, 0.5) is 11.6 Å². The minimum atomic E-state index is 0.391. The number of aromatic nitrogens is 2. The van der Waals surface area contributed by atoms with Gasteiger partial charge >= 0.3 is 0 Å². The SMILES string of the molecule is CCSCC(C)Nc1cc(NN)nc(C2CC2)n1. The summed E-state index contributed by atoms with van der Waals surface area (Å²) in [5.74, 6) is 10.6. The average Bonchev–Trinajstić information content (AvgIpc) is 3.20. The maximum Gasteiger partial charge on any atom is 0.145 e. The molecule has 1 aromatic heterocycles. The lowest BCUT2D eigenvalue weighted by molar-refractivity contribution is 0.873. The topological polar surface area (TPSA) is 75.9 Å². The molecule has 2 rings (SSSR count). The van der Waals surface area contributed by atoms with Gasteiger partial charge in [-0.1, -0.05) is 6.92 Å². The van der Waals surface area contributed by atoms with Gasteiger partial charge in [0.05, 0.1) is 0 Å². The molecular formula is C12H21N5S. The predicted octanol–water partition coefficient (Wildman–Crippen LogP) is 2.19. The summed E-state index contributed by atoms with van der Waals surface area (Å²) in [5.41, 5.74) is 2.61. The molecule has 4 N–H and O–H groups in total. The van der Waals surface area contributed by atoms with Gasteiger partial charge in [-0.2, -0.15) is 11.8 Å².